The van der Waals surface area contributed by atoms with Crippen molar-refractivity contribution in [1.29, 1.82) is 0 Å². The number of hydrogen-bond acceptors (Lipinski definition) is 3. The average molecular weight is 297 g/mol. The number of thiophene rings is 1. The summed E-state index contributed by atoms with van der Waals surface area (Å²) in [5.41, 5.74) is 1.23. The molecular formula is C12H13BrN2S. The minimum atomic E-state index is 0.323. The molecule has 84 valence electrons. The molecule has 2 aromatic heterocycles. The molecule has 1 N–H and O–H groups in total. The molecule has 0 aliphatic rings. The molecule has 0 aromatic carbocycles. The zero-order chi connectivity index (χ0) is 11.4. The van der Waals surface area contributed by atoms with Gasteiger partial charge in [-0.2, -0.15) is 0 Å². The van der Waals surface area contributed by atoms with Gasteiger partial charge in [-0.25, -0.2) is 0 Å². The molecular weight excluding hydrogens is 284 g/mol. The third-order valence-corrected chi connectivity index (χ3v) is 4.46. The Labute approximate surface area is 108 Å². The van der Waals surface area contributed by atoms with Crippen LogP contribution in [0.4, 0.5) is 0 Å². The highest BCUT2D eigenvalue weighted by atomic mass is 79.9. The van der Waals surface area contributed by atoms with Crippen molar-refractivity contribution in [2.24, 2.45) is 0 Å². The Morgan fingerprint density at radius 2 is 2.38 bits per heavy atom. The molecule has 0 aliphatic carbocycles. The normalized spacial score (nSPS) is 12.6. The minimum Gasteiger partial charge on any atom is -0.313 e. The second kappa shape index (κ2) is 5.57. The SMILES string of the molecule is CNC(Cc1sccc1Br)c1cccnc1. The standard InChI is InChI=1S/C12H13BrN2S/c1-14-11(9-3-2-5-15-8-9)7-12-10(13)4-6-16-12/h2-6,8,11,14H,7H2,1H3. The topological polar surface area (TPSA) is 24.9 Å². The van der Waals surface area contributed by atoms with E-state index < -0.39 is 0 Å². The van der Waals surface area contributed by atoms with Crippen molar-refractivity contribution in [2.45, 2.75) is 12.5 Å². The van der Waals surface area contributed by atoms with E-state index in [-0.39, 0.29) is 0 Å². The first kappa shape index (κ1) is 11.8. The van der Waals surface area contributed by atoms with E-state index in [2.05, 4.69) is 43.7 Å². The number of halogens is 1. The van der Waals surface area contributed by atoms with Crippen molar-refractivity contribution in [3.05, 3.63) is 50.9 Å². The second-order valence-corrected chi connectivity index (χ2v) is 5.38. The van der Waals surface area contributed by atoms with E-state index >= 15 is 0 Å². The maximum absolute atomic E-state index is 4.16. The van der Waals surface area contributed by atoms with Gasteiger partial charge in [0.2, 0.25) is 0 Å². The number of hydrogen-bond donors (Lipinski definition) is 1. The van der Waals surface area contributed by atoms with Crippen LogP contribution in [0.15, 0.2) is 40.4 Å². The van der Waals surface area contributed by atoms with E-state index in [0.717, 1.165) is 6.42 Å². The molecule has 2 nitrogen and oxygen atoms in total. The summed E-state index contributed by atoms with van der Waals surface area (Å²) in [5, 5.41) is 5.44. The lowest BCUT2D eigenvalue weighted by Crippen LogP contribution is -2.18. The molecule has 0 saturated carbocycles. The number of likely N-dealkylation sites (N-methyl/N-ethyl adjacent to an activating group) is 1. The summed E-state index contributed by atoms with van der Waals surface area (Å²) in [6.07, 6.45) is 4.71. The first-order chi connectivity index (χ1) is 7.81. The van der Waals surface area contributed by atoms with E-state index in [1.54, 1.807) is 17.5 Å². The third kappa shape index (κ3) is 2.70. The highest BCUT2D eigenvalue weighted by molar-refractivity contribution is 9.10. The van der Waals surface area contributed by atoms with Gasteiger partial charge in [0.15, 0.2) is 0 Å². The number of nitrogens with zero attached hydrogens (tertiary/aromatic N) is 1. The summed E-state index contributed by atoms with van der Waals surface area (Å²) < 4.78 is 1.20. The van der Waals surface area contributed by atoms with E-state index in [1.165, 1.54) is 14.9 Å². The van der Waals surface area contributed by atoms with Gasteiger partial charge < -0.3 is 5.32 Å². The van der Waals surface area contributed by atoms with E-state index in [9.17, 15) is 0 Å². The van der Waals surface area contributed by atoms with Gasteiger partial charge in [0.05, 0.1) is 0 Å². The summed E-state index contributed by atoms with van der Waals surface area (Å²) in [6.45, 7) is 0. The molecule has 0 spiro atoms. The first-order valence-corrected chi connectivity index (χ1v) is 6.77. The molecule has 2 heterocycles. The first-order valence-electron chi connectivity index (χ1n) is 5.10. The molecule has 0 radical (unpaired) electrons. The van der Waals surface area contributed by atoms with Crippen LogP contribution in [0, 0.1) is 0 Å². The molecule has 0 amide bonds. The molecule has 0 fully saturated rings. The van der Waals surface area contributed by atoms with Gasteiger partial charge >= 0.3 is 0 Å². The van der Waals surface area contributed by atoms with Crippen LogP contribution in [0.25, 0.3) is 0 Å². The zero-order valence-corrected chi connectivity index (χ0v) is 11.4. The van der Waals surface area contributed by atoms with Gasteiger partial charge in [-0.3, -0.25) is 4.98 Å². The Morgan fingerprint density at radius 1 is 1.50 bits per heavy atom. The third-order valence-electron chi connectivity index (χ3n) is 2.52. The van der Waals surface area contributed by atoms with Crippen molar-refractivity contribution in [1.82, 2.24) is 10.3 Å². The van der Waals surface area contributed by atoms with Crippen LogP contribution in [0.2, 0.25) is 0 Å². The Bertz CT molecular complexity index is 441. The summed E-state index contributed by atoms with van der Waals surface area (Å²) in [4.78, 5) is 5.52. The van der Waals surface area contributed by atoms with Gasteiger partial charge in [0.1, 0.15) is 0 Å². The summed E-state index contributed by atoms with van der Waals surface area (Å²) >= 11 is 5.34. The monoisotopic (exact) mass is 296 g/mol. The quantitative estimate of drug-likeness (QED) is 0.935. The van der Waals surface area contributed by atoms with Gasteiger partial charge in [0.25, 0.3) is 0 Å². The number of nitrogens with one attached hydrogen (secondary N) is 1. The van der Waals surface area contributed by atoms with Crippen molar-refractivity contribution in [2.75, 3.05) is 7.05 Å². The second-order valence-electron chi connectivity index (χ2n) is 3.52. The fraction of sp³-hybridized carbons (Fsp3) is 0.250. The fourth-order valence-corrected chi connectivity index (χ4v) is 3.19. The highest BCUT2D eigenvalue weighted by Crippen LogP contribution is 2.27. The lowest BCUT2D eigenvalue weighted by molar-refractivity contribution is 0.593. The van der Waals surface area contributed by atoms with Crippen LogP contribution in [0.3, 0.4) is 0 Å². The molecule has 1 unspecified atom stereocenters. The van der Waals surface area contributed by atoms with Gasteiger partial charge in [0, 0.05) is 34.2 Å². The van der Waals surface area contributed by atoms with Gasteiger partial charge in [-0.1, -0.05) is 6.07 Å². The maximum Gasteiger partial charge on any atom is 0.0382 e. The summed E-state index contributed by atoms with van der Waals surface area (Å²) in [5.74, 6) is 0. The molecule has 0 saturated heterocycles. The van der Waals surface area contributed by atoms with E-state index in [0.29, 0.717) is 6.04 Å². The van der Waals surface area contributed by atoms with Crippen LogP contribution in [0.5, 0.6) is 0 Å². The molecule has 16 heavy (non-hydrogen) atoms. The fourth-order valence-electron chi connectivity index (χ4n) is 1.62. The maximum atomic E-state index is 4.16. The molecule has 2 rings (SSSR count). The average Bonchev–Trinajstić information content (AvgIpc) is 2.73. The number of aromatic nitrogens is 1. The number of pyridine rings is 1. The van der Waals surface area contributed by atoms with Crippen molar-refractivity contribution < 1.29 is 0 Å². The zero-order valence-electron chi connectivity index (χ0n) is 8.98. The Hall–Kier alpha value is -0.710. The van der Waals surface area contributed by atoms with Gasteiger partial charge in [-0.05, 0) is 46.1 Å². The predicted molar refractivity (Wildman–Crippen MR) is 71.8 cm³/mol. The lowest BCUT2D eigenvalue weighted by atomic mass is 10.1. The molecule has 2 aromatic rings. The summed E-state index contributed by atoms with van der Waals surface area (Å²) in [6, 6.07) is 6.50. The van der Waals surface area contributed by atoms with Crippen molar-refractivity contribution in [3.63, 3.8) is 0 Å². The van der Waals surface area contributed by atoms with Crippen LogP contribution in [0.1, 0.15) is 16.5 Å². The smallest absolute Gasteiger partial charge is 0.0382 e. The molecule has 4 heteroatoms. The molecule has 1 atom stereocenters. The van der Waals surface area contributed by atoms with E-state index in [4.69, 9.17) is 0 Å². The Balaban J connectivity index is 2.16. The van der Waals surface area contributed by atoms with Crippen LogP contribution in [-0.4, -0.2) is 12.0 Å². The van der Waals surface area contributed by atoms with E-state index in [1.807, 2.05) is 19.3 Å². The highest BCUT2D eigenvalue weighted by Gasteiger charge is 2.12. The predicted octanol–water partition coefficient (Wildman–Crippen LogP) is 3.41. The largest absolute Gasteiger partial charge is 0.313 e. The van der Waals surface area contributed by atoms with Gasteiger partial charge in [-0.15, -0.1) is 11.3 Å². The van der Waals surface area contributed by atoms with Crippen molar-refractivity contribution in [3.8, 4) is 0 Å². The van der Waals surface area contributed by atoms with Crippen LogP contribution in [-0.2, 0) is 6.42 Å². The minimum absolute atomic E-state index is 0.323. The van der Waals surface area contributed by atoms with Crippen LogP contribution < -0.4 is 5.32 Å². The number of rotatable bonds is 4. The molecule has 0 bridgehead atoms. The van der Waals surface area contributed by atoms with Crippen molar-refractivity contribution >= 4 is 27.3 Å². The Kier molecular flexibility index (Phi) is 4.09. The summed E-state index contributed by atoms with van der Waals surface area (Å²) in [7, 11) is 1.99. The van der Waals surface area contributed by atoms with Crippen LogP contribution >= 0.6 is 27.3 Å². The lowest BCUT2D eigenvalue weighted by Gasteiger charge is -2.15. The Morgan fingerprint density at radius 3 is 2.94 bits per heavy atom. The molecule has 0 aliphatic heterocycles.